The molecule has 150 valence electrons. The summed E-state index contributed by atoms with van der Waals surface area (Å²) in [5, 5.41) is 22.3. The lowest BCUT2D eigenvalue weighted by molar-refractivity contribution is -0.208. The van der Waals surface area contributed by atoms with Crippen LogP contribution in [-0.4, -0.2) is 34.5 Å². The Bertz CT molecular complexity index is 686. The van der Waals surface area contributed by atoms with Crippen LogP contribution in [0.15, 0.2) is 11.6 Å². The van der Waals surface area contributed by atoms with Crippen molar-refractivity contribution >= 4 is 5.97 Å². The smallest absolute Gasteiger partial charge is 0.331 e. The third-order valence-electron chi connectivity index (χ3n) is 9.96. The number of ether oxygens (including phenoxy) is 1. The third kappa shape index (κ3) is 2.32. The van der Waals surface area contributed by atoms with Crippen molar-refractivity contribution in [1.82, 2.24) is 0 Å². The molecular formula is C23H34O4. The summed E-state index contributed by atoms with van der Waals surface area (Å²) in [5.74, 6) is 1.59. The van der Waals surface area contributed by atoms with Gasteiger partial charge >= 0.3 is 5.97 Å². The lowest BCUT2D eigenvalue weighted by Gasteiger charge is -2.63. The first kappa shape index (κ1) is 18.2. The minimum atomic E-state index is -0.628. The van der Waals surface area contributed by atoms with Crippen LogP contribution in [-0.2, 0) is 9.53 Å². The third-order valence-corrected chi connectivity index (χ3v) is 9.96. The molecule has 0 radical (unpaired) electrons. The SMILES string of the molecule is C[C@]12CC[C@@H](O)C[C@@H]1CC[C@@H]1[C@@H]2CC[C@]2(C)[C@@H](C3=CC(=O)OC3)CC[C@@]12O. The number of carbonyl (C=O) groups is 1. The summed E-state index contributed by atoms with van der Waals surface area (Å²) < 4.78 is 5.20. The molecule has 4 heteroatoms. The van der Waals surface area contributed by atoms with Crippen molar-refractivity contribution < 1.29 is 19.7 Å². The zero-order chi connectivity index (χ0) is 19.0. The number of aliphatic hydroxyl groups excluding tert-OH is 1. The van der Waals surface area contributed by atoms with E-state index in [1.54, 1.807) is 6.08 Å². The Kier molecular flexibility index (Phi) is 3.92. The number of hydrogen-bond acceptors (Lipinski definition) is 4. The monoisotopic (exact) mass is 374 g/mol. The molecule has 0 aromatic rings. The Morgan fingerprint density at radius 1 is 1.04 bits per heavy atom. The Balaban J connectivity index is 1.47. The standard InChI is InChI=1S/C23H34O4/c1-21-8-5-16(24)12-15(21)3-4-19-18(21)6-9-22(2)17(7-10-23(19,22)26)14-11-20(25)27-13-14/h11,15-19,24,26H,3-10,12-13H2,1-2H3/t15-,16+,17+,18-,19+,21-,22+,23+/m0/s1. The second-order valence-corrected chi connectivity index (χ2v) is 10.7. The average Bonchev–Trinajstić information content (AvgIpc) is 3.16. The minimum absolute atomic E-state index is 0.126. The molecule has 2 N–H and O–H groups in total. The van der Waals surface area contributed by atoms with Gasteiger partial charge < -0.3 is 14.9 Å². The number of hydrogen-bond donors (Lipinski definition) is 2. The van der Waals surface area contributed by atoms with Crippen LogP contribution in [0.5, 0.6) is 0 Å². The fraction of sp³-hybridized carbons (Fsp3) is 0.870. The number of fused-ring (bicyclic) bond motifs is 5. The maximum absolute atomic E-state index is 12.1. The van der Waals surface area contributed by atoms with E-state index < -0.39 is 5.60 Å². The van der Waals surface area contributed by atoms with Gasteiger partial charge in [0.15, 0.2) is 0 Å². The molecule has 0 saturated heterocycles. The summed E-state index contributed by atoms with van der Waals surface area (Å²) in [4.78, 5) is 11.6. The lowest BCUT2D eigenvalue weighted by atomic mass is 9.43. The van der Waals surface area contributed by atoms with E-state index in [1.165, 1.54) is 6.42 Å². The van der Waals surface area contributed by atoms with Crippen molar-refractivity contribution in [2.45, 2.75) is 83.3 Å². The second-order valence-electron chi connectivity index (χ2n) is 10.7. The molecule has 4 fully saturated rings. The molecule has 4 saturated carbocycles. The van der Waals surface area contributed by atoms with Gasteiger partial charge in [-0.3, -0.25) is 0 Å². The van der Waals surface area contributed by atoms with Gasteiger partial charge in [-0.2, -0.15) is 0 Å². The number of cyclic esters (lactones) is 1. The molecule has 8 atom stereocenters. The molecule has 5 rings (SSSR count). The van der Waals surface area contributed by atoms with E-state index in [4.69, 9.17) is 4.74 Å². The van der Waals surface area contributed by atoms with E-state index in [0.717, 1.165) is 56.9 Å². The number of rotatable bonds is 1. The fourth-order valence-corrected chi connectivity index (χ4v) is 8.39. The number of esters is 1. The molecule has 0 spiro atoms. The molecule has 1 aliphatic heterocycles. The van der Waals surface area contributed by atoms with Crippen LogP contribution in [0.4, 0.5) is 0 Å². The molecular weight excluding hydrogens is 340 g/mol. The molecule has 0 amide bonds. The Morgan fingerprint density at radius 2 is 1.85 bits per heavy atom. The Labute approximate surface area is 162 Å². The van der Waals surface area contributed by atoms with Crippen LogP contribution in [0.3, 0.4) is 0 Å². The lowest BCUT2D eigenvalue weighted by Crippen LogP contribution is -2.62. The van der Waals surface area contributed by atoms with E-state index in [2.05, 4.69) is 13.8 Å². The van der Waals surface area contributed by atoms with E-state index in [0.29, 0.717) is 24.4 Å². The average molecular weight is 375 g/mol. The maximum atomic E-state index is 12.1. The maximum Gasteiger partial charge on any atom is 0.331 e. The predicted molar refractivity (Wildman–Crippen MR) is 102 cm³/mol. The highest BCUT2D eigenvalue weighted by atomic mass is 16.5. The fourth-order valence-electron chi connectivity index (χ4n) is 8.39. The van der Waals surface area contributed by atoms with Gasteiger partial charge in [0.1, 0.15) is 6.61 Å². The molecule has 1 heterocycles. The van der Waals surface area contributed by atoms with Crippen molar-refractivity contribution in [3.63, 3.8) is 0 Å². The van der Waals surface area contributed by atoms with Crippen LogP contribution < -0.4 is 0 Å². The van der Waals surface area contributed by atoms with Gasteiger partial charge in [0, 0.05) is 11.5 Å². The van der Waals surface area contributed by atoms with Gasteiger partial charge in [0.25, 0.3) is 0 Å². The molecule has 4 aliphatic carbocycles. The molecule has 27 heavy (non-hydrogen) atoms. The second kappa shape index (κ2) is 5.82. The summed E-state index contributed by atoms with van der Waals surface area (Å²) in [7, 11) is 0. The molecule has 0 aromatic carbocycles. The summed E-state index contributed by atoms with van der Waals surface area (Å²) in [6.07, 6.45) is 10.8. The largest absolute Gasteiger partial charge is 0.458 e. The summed E-state index contributed by atoms with van der Waals surface area (Å²) >= 11 is 0. The van der Waals surface area contributed by atoms with E-state index in [1.807, 2.05) is 0 Å². The van der Waals surface area contributed by atoms with Gasteiger partial charge in [0.05, 0.1) is 11.7 Å². The van der Waals surface area contributed by atoms with Crippen molar-refractivity contribution in [3.05, 3.63) is 11.6 Å². The van der Waals surface area contributed by atoms with Crippen LogP contribution in [0, 0.1) is 34.5 Å². The van der Waals surface area contributed by atoms with E-state index in [9.17, 15) is 15.0 Å². The van der Waals surface area contributed by atoms with E-state index in [-0.39, 0.29) is 28.8 Å². The number of carbonyl (C=O) groups excluding carboxylic acids is 1. The summed E-state index contributed by atoms with van der Waals surface area (Å²) in [6.45, 7) is 5.15. The normalized spacial score (nSPS) is 54.6. The van der Waals surface area contributed by atoms with Crippen molar-refractivity contribution in [2.75, 3.05) is 6.61 Å². The van der Waals surface area contributed by atoms with Crippen LogP contribution in [0.2, 0.25) is 0 Å². The van der Waals surface area contributed by atoms with Gasteiger partial charge in [-0.15, -0.1) is 0 Å². The quantitative estimate of drug-likeness (QED) is 0.688. The molecule has 0 bridgehead atoms. The van der Waals surface area contributed by atoms with Crippen LogP contribution >= 0.6 is 0 Å². The van der Waals surface area contributed by atoms with Crippen molar-refractivity contribution in [3.8, 4) is 0 Å². The highest BCUT2D eigenvalue weighted by Gasteiger charge is 2.67. The van der Waals surface area contributed by atoms with Gasteiger partial charge in [0.2, 0.25) is 0 Å². The minimum Gasteiger partial charge on any atom is -0.458 e. The zero-order valence-corrected chi connectivity index (χ0v) is 16.7. The molecule has 0 aromatic heterocycles. The Morgan fingerprint density at radius 3 is 2.59 bits per heavy atom. The molecule has 5 aliphatic rings. The van der Waals surface area contributed by atoms with Crippen LogP contribution in [0.25, 0.3) is 0 Å². The van der Waals surface area contributed by atoms with Gasteiger partial charge in [-0.25, -0.2) is 4.79 Å². The number of aliphatic hydroxyl groups is 2. The van der Waals surface area contributed by atoms with Gasteiger partial charge in [-0.05, 0) is 92.4 Å². The summed E-state index contributed by atoms with van der Waals surface area (Å²) in [5.41, 5.74) is 0.600. The zero-order valence-electron chi connectivity index (χ0n) is 16.7. The van der Waals surface area contributed by atoms with E-state index >= 15 is 0 Å². The molecule has 4 nitrogen and oxygen atoms in total. The van der Waals surface area contributed by atoms with Crippen LogP contribution in [0.1, 0.15) is 71.6 Å². The Hall–Kier alpha value is -0.870. The highest BCUT2D eigenvalue weighted by Crippen LogP contribution is 2.69. The molecule has 0 unspecified atom stereocenters. The first-order valence-corrected chi connectivity index (χ1v) is 11.1. The topological polar surface area (TPSA) is 66.8 Å². The first-order chi connectivity index (χ1) is 12.8. The highest BCUT2D eigenvalue weighted by molar-refractivity contribution is 5.85. The van der Waals surface area contributed by atoms with Crippen molar-refractivity contribution in [2.24, 2.45) is 34.5 Å². The first-order valence-electron chi connectivity index (χ1n) is 11.1. The predicted octanol–water partition coefficient (Wildman–Crippen LogP) is 3.60. The van der Waals surface area contributed by atoms with Crippen molar-refractivity contribution in [1.29, 1.82) is 0 Å². The van der Waals surface area contributed by atoms with Gasteiger partial charge in [-0.1, -0.05) is 13.8 Å². The summed E-state index contributed by atoms with van der Waals surface area (Å²) in [6, 6.07) is 0.